The molecule has 0 bridgehead atoms. The molecule has 0 amide bonds. The van der Waals surface area contributed by atoms with Gasteiger partial charge in [0.05, 0.1) is 0 Å². The molecule has 2 aromatic carbocycles. The van der Waals surface area contributed by atoms with Crippen LogP contribution < -0.4 is 10.1 Å². The van der Waals surface area contributed by atoms with Gasteiger partial charge in [0.15, 0.2) is 0 Å². The van der Waals surface area contributed by atoms with Crippen molar-refractivity contribution in [2.75, 3.05) is 26.2 Å². The molecule has 1 heterocycles. The van der Waals surface area contributed by atoms with Crippen LogP contribution in [0, 0.1) is 13.8 Å². The van der Waals surface area contributed by atoms with Crippen molar-refractivity contribution in [3.05, 3.63) is 64.7 Å². The summed E-state index contributed by atoms with van der Waals surface area (Å²) in [5, 5.41) is 3.47. The predicted octanol–water partition coefficient (Wildman–Crippen LogP) is 4.63. The Kier molecular flexibility index (Phi) is 6.70. The van der Waals surface area contributed by atoms with Crippen molar-refractivity contribution in [3.63, 3.8) is 0 Å². The van der Waals surface area contributed by atoms with Crippen molar-refractivity contribution in [1.29, 1.82) is 0 Å². The SMILES string of the molecule is CCC[C@@H](c1cc(C)c(OCc2ccccc2)c(C)c1)N1CCNCC1. The Morgan fingerprint density at radius 2 is 1.69 bits per heavy atom. The van der Waals surface area contributed by atoms with Gasteiger partial charge >= 0.3 is 0 Å². The first-order valence-corrected chi connectivity index (χ1v) is 9.91. The lowest BCUT2D eigenvalue weighted by Crippen LogP contribution is -2.45. The molecule has 0 saturated carbocycles. The third-order valence-corrected chi connectivity index (χ3v) is 5.25. The lowest BCUT2D eigenvalue weighted by atomic mass is 9.95. The normalized spacial score (nSPS) is 16.4. The van der Waals surface area contributed by atoms with Crippen molar-refractivity contribution in [3.8, 4) is 5.75 Å². The summed E-state index contributed by atoms with van der Waals surface area (Å²) < 4.78 is 6.17. The maximum Gasteiger partial charge on any atom is 0.125 e. The molecule has 3 heteroatoms. The molecule has 2 aromatic rings. The Morgan fingerprint density at radius 3 is 2.31 bits per heavy atom. The van der Waals surface area contributed by atoms with Gasteiger partial charge in [-0.15, -0.1) is 0 Å². The van der Waals surface area contributed by atoms with Gasteiger partial charge in [0.2, 0.25) is 0 Å². The highest BCUT2D eigenvalue weighted by Gasteiger charge is 2.22. The van der Waals surface area contributed by atoms with Gasteiger partial charge in [0.25, 0.3) is 0 Å². The Bertz CT molecular complexity index is 670. The molecule has 1 aliphatic rings. The largest absolute Gasteiger partial charge is 0.488 e. The van der Waals surface area contributed by atoms with Crippen LogP contribution >= 0.6 is 0 Å². The zero-order chi connectivity index (χ0) is 18.4. The summed E-state index contributed by atoms with van der Waals surface area (Å²) in [5.41, 5.74) is 5.13. The number of nitrogens with zero attached hydrogens (tertiary/aromatic N) is 1. The lowest BCUT2D eigenvalue weighted by molar-refractivity contribution is 0.164. The topological polar surface area (TPSA) is 24.5 Å². The van der Waals surface area contributed by atoms with E-state index in [1.165, 1.54) is 35.1 Å². The minimum Gasteiger partial charge on any atom is -0.488 e. The summed E-state index contributed by atoms with van der Waals surface area (Å²) in [6, 6.07) is 15.6. The van der Waals surface area contributed by atoms with E-state index in [1.54, 1.807) is 0 Å². The molecule has 0 aromatic heterocycles. The molecule has 1 atom stereocenters. The smallest absolute Gasteiger partial charge is 0.125 e. The second-order valence-corrected chi connectivity index (χ2v) is 7.35. The number of benzene rings is 2. The first-order chi connectivity index (χ1) is 12.7. The molecule has 0 spiro atoms. The van der Waals surface area contributed by atoms with Gasteiger partial charge < -0.3 is 10.1 Å². The molecule has 0 aliphatic carbocycles. The highest BCUT2D eigenvalue weighted by molar-refractivity contribution is 5.44. The molecule has 1 N–H and O–H groups in total. The van der Waals surface area contributed by atoms with Crippen LogP contribution in [-0.2, 0) is 6.61 Å². The van der Waals surface area contributed by atoms with Gasteiger partial charge in [0.1, 0.15) is 12.4 Å². The minimum absolute atomic E-state index is 0.516. The molecular weight excluding hydrogens is 320 g/mol. The van der Waals surface area contributed by atoms with E-state index in [2.05, 4.69) is 67.4 Å². The van der Waals surface area contributed by atoms with Gasteiger partial charge in [-0.1, -0.05) is 55.8 Å². The standard InChI is InChI=1S/C23H32N2O/c1-4-8-22(25-13-11-24-12-14-25)21-15-18(2)23(19(3)16-21)26-17-20-9-6-5-7-10-20/h5-7,9-10,15-16,22,24H,4,8,11-14,17H2,1-3H3/t22-/m0/s1. The van der Waals surface area contributed by atoms with Crippen molar-refractivity contribution in [1.82, 2.24) is 10.2 Å². The maximum absolute atomic E-state index is 6.17. The van der Waals surface area contributed by atoms with E-state index in [4.69, 9.17) is 4.74 Å². The van der Waals surface area contributed by atoms with E-state index in [0.29, 0.717) is 12.6 Å². The summed E-state index contributed by atoms with van der Waals surface area (Å²) >= 11 is 0. The van der Waals surface area contributed by atoms with Crippen molar-refractivity contribution >= 4 is 0 Å². The molecule has 1 aliphatic heterocycles. The number of nitrogens with one attached hydrogen (secondary N) is 1. The Morgan fingerprint density at radius 1 is 1.04 bits per heavy atom. The van der Waals surface area contributed by atoms with E-state index >= 15 is 0 Å². The van der Waals surface area contributed by atoms with Crippen LogP contribution in [0.1, 0.15) is 48.1 Å². The number of ether oxygens (including phenoxy) is 1. The van der Waals surface area contributed by atoms with E-state index in [1.807, 2.05) is 6.07 Å². The fourth-order valence-corrected chi connectivity index (χ4v) is 3.96. The lowest BCUT2D eigenvalue weighted by Gasteiger charge is -2.35. The third kappa shape index (κ3) is 4.66. The zero-order valence-corrected chi connectivity index (χ0v) is 16.4. The quantitative estimate of drug-likeness (QED) is 0.786. The minimum atomic E-state index is 0.516. The van der Waals surface area contributed by atoms with Gasteiger partial charge in [-0.2, -0.15) is 0 Å². The first kappa shape index (κ1) is 18.9. The second-order valence-electron chi connectivity index (χ2n) is 7.35. The van der Waals surface area contributed by atoms with Gasteiger partial charge in [-0.05, 0) is 42.5 Å². The van der Waals surface area contributed by atoms with Crippen LogP contribution in [-0.4, -0.2) is 31.1 Å². The average molecular weight is 353 g/mol. The molecule has 0 unspecified atom stereocenters. The monoisotopic (exact) mass is 352 g/mol. The molecule has 3 rings (SSSR count). The van der Waals surface area contributed by atoms with Crippen molar-refractivity contribution < 1.29 is 4.74 Å². The van der Waals surface area contributed by atoms with Gasteiger partial charge in [-0.25, -0.2) is 0 Å². The molecule has 3 nitrogen and oxygen atoms in total. The highest BCUT2D eigenvalue weighted by atomic mass is 16.5. The summed E-state index contributed by atoms with van der Waals surface area (Å²) in [4.78, 5) is 2.64. The molecular formula is C23H32N2O. The van der Waals surface area contributed by atoms with Crippen LogP contribution in [0.3, 0.4) is 0 Å². The summed E-state index contributed by atoms with van der Waals surface area (Å²) in [5.74, 6) is 1.04. The fourth-order valence-electron chi connectivity index (χ4n) is 3.96. The highest BCUT2D eigenvalue weighted by Crippen LogP contribution is 2.32. The number of piperazine rings is 1. The molecule has 140 valence electrons. The van der Waals surface area contributed by atoms with E-state index in [0.717, 1.165) is 31.9 Å². The van der Waals surface area contributed by atoms with Crippen LogP contribution in [0.2, 0.25) is 0 Å². The van der Waals surface area contributed by atoms with Crippen molar-refractivity contribution in [2.24, 2.45) is 0 Å². The maximum atomic E-state index is 6.17. The molecule has 0 radical (unpaired) electrons. The van der Waals surface area contributed by atoms with Crippen LogP contribution in [0.4, 0.5) is 0 Å². The fraction of sp³-hybridized carbons (Fsp3) is 0.478. The van der Waals surface area contributed by atoms with E-state index in [-0.39, 0.29) is 0 Å². The number of aryl methyl sites for hydroxylation is 2. The molecule has 26 heavy (non-hydrogen) atoms. The predicted molar refractivity (Wildman–Crippen MR) is 109 cm³/mol. The van der Waals surface area contributed by atoms with Gasteiger partial charge in [-0.3, -0.25) is 4.90 Å². The number of hydrogen-bond acceptors (Lipinski definition) is 3. The average Bonchev–Trinajstić information content (AvgIpc) is 2.67. The third-order valence-electron chi connectivity index (χ3n) is 5.25. The molecule has 1 saturated heterocycles. The zero-order valence-electron chi connectivity index (χ0n) is 16.4. The van der Waals surface area contributed by atoms with E-state index < -0.39 is 0 Å². The number of rotatable bonds is 7. The molecule has 1 fully saturated rings. The Hall–Kier alpha value is -1.84. The van der Waals surface area contributed by atoms with Crippen molar-refractivity contribution in [2.45, 2.75) is 46.3 Å². The summed E-state index contributed by atoms with van der Waals surface area (Å²) in [7, 11) is 0. The second kappa shape index (κ2) is 9.20. The Balaban J connectivity index is 1.78. The summed E-state index contributed by atoms with van der Waals surface area (Å²) in [6.07, 6.45) is 2.42. The van der Waals surface area contributed by atoms with Crippen LogP contribution in [0.15, 0.2) is 42.5 Å². The van der Waals surface area contributed by atoms with Gasteiger partial charge in [0, 0.05) is 32.2 Å². The van der Waals surface area contributed by atoms with Crippen LogP contribution in [0.25, 0.3) is 0 Å². The summed E-state index contributed by atoms with van der Waals surface area (Å²) in [6.45, 7) is 11.7. The van der Waals surface area contributed by atoms with E-state index in [9.17, 15) is 0 Å². The van der Waals surface area contributed by atoms with Crippen LogP contribution in [0.5, 0.6) is 5.75 Å². The Labute approximate surface area is 158 Å². The first-order valence-electron chi connectivity index (χ1n) is 9.91. The number of hydrogen-bond donors (Lipinski definition) is 1.